The van der Waals surface area contributed by atoms with Gasteiger partial charge in [-0.1, -0.05) is 24.6 Å². The van der Waals surface area contributed by atoms with Gasteiger partial charge in [-0.2, -0.15) is 0 Å². The highest BCUT2D eigenvalue weighted by Crippen LogP contribution is 2.50. The number of nitrogens with one attached hydrogen (secondary N) is 3. The number of ether oxygens (including phenoxy) is 3. The van der Waals surface area contributed by atoms with Crippen LogP contribution in [0, 0.1) is 0 Å². The number of hydrogen-bond acceptors (Lipinski definition) is 9. The van der Waals surface area contributed by atoms with Crippen molar-refractivity contribution in [1.29, 1.82) is 0 Å². The van der Waals surface area contributed by atoms with Gasteiger partial charge in [0.05, 0.1) is 38.0 Å². The van der Waals surface area contributed by atoms with Gasteiger partial charge in [0.15, 0.2) is 11.5 Å². The number of carbonyl (C=O) groups excluding carboxylic acids is 2. The maximum Gasteiger partial charge on any atom is 0.238 e. The van der Waals surface area contributed by atoms with Crippen LogP contribution in [0.2, 0.25) is 0 Å². The van der Waals surface area contributed by atoms with E-state index >= 15 is 0 Å². The number of fused-ring (bicyclic) bond motifs is 3. The maximum atomic E-state index is 13.5. The fraction of sp³-hybridized carbons (Fsp3) is 0.382. The minimum absolute atomic E-state index is 0.0195. The molecule has 0 aromatic heterocycles. The number of rotatable bonds is 14. The molecule has 0 fully saturated rings. The van der Waals surface area contributed by atoms with E-state index < -0.39 is 16.1 Å². The molecule has 3 aromatic rings. The van der Waals surface area contributed by atoms with Gasteiger partial charge in [0, 0.05) is 32.0 Å². The molecule has 47 heavy (non-hydrogen) atoms. The van der Waals surface area contributed by atoms with Crippen LogP contribution < -0.4 is 40.7 Å². The lowest BCUT2D eigenvalue weighted by atomic mass is 9.95. The van der Waals surface area contributed by atoms with E-state index in [0.29, 0.717) is 60.7 Å². The molecule has 5 N–H and O–H groups in total. The zero-order chi connectivity index (χ0) is 34.1. The van der Waals surface area contributed by atoms with Crippen LogP contribution in [-0.2, 0) is 32.6 Å². The smallest absolute Gasteiger partial charge is 0.238 e. The Bertz CT molecular complexity index is 1780. The number of anilines is 1. The van der Waals surface area contributed by atoms with Gasteiger partial charge in [0.25, 0.3) is 0 Å². The maximum absolute atomic E-state index is 13.5. The first kappa shape index (κ1) is 35.2. The second-order valence-electron chi connectivity index (χ2n) is 11.3. The van der Waals surface area contributed by atoms with Crippen LogP contribution in [0.25, 0.3) is 11.1 Å². The molecule has 1 atom stereocenters. The van der Waals surface area contributed by atoms with Crippen molar-refractivity contribution in [2.24, 2.45) is 5.14 Å². The Morgan fingerprint density at radius 1 is 0.936 bits per heavy atom. The van der Waals surface area contributed by atoms with Crippen LogP contribution in [0.3, 0.4) is 0 Å². The molecule has 13 heteroatoms. The number of hydrogen-bond donors (Lipinski definition) is 4. The zero-order valence-corrected chi connectivity index (χ0v) is 27.9. The van der Waals surface area contributed by atoms with Crippen LogP contribution in [0.1, 0.15) is 61.8 Å². The summed E-state index contributed by atoms with van der Waals surface area (Å²) >= 11 is 0. The number of methoxy groups -OCH3 is 3. The summed E-state index contributed by atoms with van der Waals surface area (Å²) in [5.74, 6) is 1.16. The van der Waals surface area contributed by atoms with E-state index in [0.717, 1.165) is 35.1 Å². The average Bonchev–Trinajstić information content (AvgIpc) is 3.28. The second kappa shape index (κ2) is 15.8. The fourth-order valence-corrected chi connectivity index (χ4v) is 6.27. The van der Waals surface area contributed by atoms with Crippen LogP contribution >= 0.6 is 0 Å². The average molecular weight is 667 g/mol. The van der Waals surface area contributed by atoms with Crippen molar-refractivity contribution in [1.82, 2.24) is 10.6 Å². The summed E-state index contributed by atoms with van der Waals surface area (Å²) in [6.45, 7) is 2.27. The number of carbonyl (C=O) groups is 2. The highest BCUT2D eigenvalue weighted by molar-refractivity contribution is 7.89. The molecule has 0 bridgehead atoms. The molecule has 3 aromatic carbocycles. The summed E-state index contributed by atoms with van der Waals surface area (Å²) in [6, 6.07) is 12.8. The predicted molar refractivity (Wildman–Crippen MR) is 179 cm³/mol. The van der Waals surface area contributed by atoms with Crippen molar-refractivity contribution in [2.45, 2.75) is 62.9 Å². The second-order valence-corrected chi connectivity index (χ2v) is 12.9. The van der Waals surface area contributed by atoms with Gasteiger partial charge in [-0.15, -0.1) is 0 Å². The van der Waals surface area contributed by atoms with Gasteiger partial charge in [0.2, 0.25) is 33.0 Å². The lowest BCUT2D eigenvalue weighted by Crippen LogP contribution is -2.26. The molecule has 1 aliphatic carbocycles. The Kier molecular flexibility index (Phi) is 11.8. The summed E-state index contributed by atoms with van der Waals surface area (Å²) in [7, 11) is 0.904. The standard InChI is InChI=1S/C34H42N4O8S/c1-21(39)38-27-15-11-23-18-30(44-2)33(45-3)34(46-4)32(23)25-14-16-28(29(40)19-26(25)27)36-17-7-5-6-8-31(41)37-20-22-9-12-24(13-10-22)47(35,42)43/h9-10,12-14,16,18-19,27H,5-8,11,15,17,20H2,1-4H3,(H,36,40)(H,37,41)(H,38,39)(H2,35,42,43)/t27-/m0/s1. The molecule has 252 valence electrons. The number of sulfonamides is 1. The largest absolute Gasteiger partial charge is 0.493 e. The van der Waals surface area contributed by atoms with Crippen LogP contribution in [0.15, 0.2) is 58.2 Å². The Balaban J connectivity index is 1.42. The van der Waals surface area contributed by atoms with Crippen molar-refractivity contribution in [3.63, 3.8) is 0 Å². The Morgan fingerprint density at radius 3 is 2.30 bits per heavy atom. The Hall–Kier alpha value is -4.62. The number of amides is 2. The quantitative estimate of drug-likeness (QED) is 0.187. The van der Waals surface area contributed by atoms with Crippen LogP contribution in [0.4, 0.5) is 5.69 Å². The molecule has 1 aliphatic rings. The molecule has 0 saturated carbocycles. The molecule has 0 heterocycles. The molecular formula is C34H42N4O8S. The van der Waals surface area contributed by atoms with Gasteiger partial charge in [-0.3, -0.25) is 14.4 Å². The lowest BCUT2D eigenvalue weighted by molar-refractivity contribution is -0.121. The Morgan fingerprint density at radius 2 is 1.66 bits per heavy atom. The summed E-state index contributed by atoms with van der Waals surface area (Å²) in [6.07, 6.45) is 3.70. The zero-order valence-electron chi connectivity index (χ0n) is 27.1. The first-order chi connectivity index (χ1) is 22.5. The molecular weight excluding hydrogens is 624 g/mol. The SMILES string of the molecule is COc1cc2c(c(OC)c1OC)-c1ccc(NCCCCCC(=O)NCc3ccc(S(N)(=O)=O)cc3)c(=O)cc1[C@@H](NC(C)=O)CC2. The highest BCUT2D eigenvalue weighted by Gasteiger charge is 2.29. The van der Waals surface area contributed by atoms with E-state index in [2.05, 4.69) is 16.0 Å². The van der Waals surface area contributed by atoms with Crippen molar-refractivity contribution < 1.29 is 32.2 Å². The van der Waals surface area contributed by atoms with E-state index in [1.165, 1.54) is 19.1 Å². The normalized spacial score (nSPS) is 13.8. The topological polar surface area (TPSA) is 175 Å². The van der Waals surface area contributed by atoms with E-state index in [-0.39, 0.29) is 28.7 Å². The van der Waals surface area contributed by atoms with Crippen LogP contribution in [-0.4, -0.2) is 48.1 Å². The molecule has 2 amide bonds. The summed E-state index contributed by atoms with van der Waals surface area (Å²) in [5, 5.41) is 14.2. The fourth-order valence-electron chi connectivity index (χ4n) is 5.75. The number of aryl methyl sites for hydroxylation is 1. The molecule has 0 radical (unpaired) electrons. The van der Waals surface area contributed by atoms with Gasteiger partial charge in [0.1, 0.15) is 0 Å². The molecule has 12 nitrogen and oxygen atoms in total. The van der Waals surface area contributed by atoms with E-state index in [4.69, 9.17) is 19.3 Å². The predicted octanol–water partition coefficient (Wildman–Crippen LogP) is 3.80. The molecule has 4 rings (SSSR count). The molecule has 0 unspecified atom stereocenters. The number of primary sulfonamides is 1. The number of nitrogens with two attached hydrogens (primary N) is 1. The van der Waals surface area contributed by atoms with Crippen LogP contribution in [0.5, 0.6) is 17.2 Å². The summed E-state index contributed by atoms with van der Waals surface area (Å²) in [5.41, 5.74) is 4.16. The van der Waals surface area contributed by atoms with E-state index in [1.54, 1.807) is 45.6 Å². The third-order valence-electron chi connectivity index (χ3n) is 8.05. The number of unbranched alkanes of at least 4 members (excludes halogenated alkanes) is 2. The summed E-state index contributed by atoms with van der Waals surface area (Å²) < 4.78 is 39.8. The van der Waals surface area contributed by atoms with Gasteiger partial charge in [-0.05, 0) is 78.3 Å². The van der Waals surface area contributed by atoms with Crippen molar-refractivity contribution in [3.8, 4) is 28.4 Å². The molecule has 0 saturated heterocycles. The van der Waals surface area contributed by atoms with Crippen molar-refractivity contribution >= 4 is 27.5 Å². The highest BCUT2D eigenvalue weighted by atomic mass is 32.2. The lowest BCUT2D eigenvalue weighted by Gasteiger charge is -2.19. The minimum Gasteiger partial charge on any atom is -0.493 e. The third-order valence-corrected chi connectivity index (χ3v) is 8.98. The third kappa shape index (κ3) is 8.80. The minimum atomic E-state index is -3.76. The molecule has 0 spiro atoms. The van der Waals surface area contributed by atoms with E-state index in [1.807, 2.05) is 12.1 Å². The van der Waals surface area contributed by atoms with Crippen molar-refractivity contribution in [2.75, 3.05) is 33.2 Å². The summed E-state index contributed by atoms with van der Waals surface area (Å²) in [4.78, 5) is 37.9. The van der Waals surface area contributed by atoms with Gasteiger partial charge >= 0.3 is 0 Å². The number of benzene rings is 2. The van der Waals surface area contributed by atoms with Gasteiger partial charge < -0.3 is 30.2 Å². The monoisotopic (exact) mass is 666 g/mol. The van der Waals surface area contributed by atoms with Crippen molar-refractivity contribution in [3.05, 3.63) is 75.4 Å². The molecule has 0 aliphatic heterocycles. The van der Waals surface area contributed by atoms with Gasteiger partial charge in [-0.25, -0.2) is 13.6 Å². The van der Waals surface area contributed by atoms with E-state index in [9.17, 15) is 22.8 Å². The first-order valence-corrected chi connectivity index (χ1v) is 16.9. The Labute approximate surface area is 275 Å². The first-order valence-electron chi connectivity index (χ1n) is 15.4.